The number of imidazole rings is 1. The van der Waals surface area contributed by atoms with Crippen LogP contribution in [0.4, 0.5) is 4.39 Å². The molecule has 0 unspecified atom stereocenters. The third-order valence-electron chi connectivity index (χ3n) is 21.8. The monoisotopic (exact) mass is 1810 g/mol. The Kier molecular flexibility index (Phi) is 43.7. The quantitative estimate of drug-likeness (QED) is 0.0191. The van der Waals surface area contributed by atoms with E-state index in [1.807, 2.05) is 75.5 Å². The number of H-pyrrole nitrogens is 2. The summed E-state index contributed by atoms with van der Waals surface area (Å²) in [7, 11) is 1.62. The van der Waals surface area contributed by atoms with Crippen LogP contribution in [-0.2, 0) is 133 Å². The van der Waals surface area contributed by atoms with E-state index in [-0.39, 0.29) is 43.8 Å². The number of aromatic nitrogens is 9. The summed E-state index contributed by atoms with van der Waals surface area (Å²) >= 11 is 0. The van der Waals surface area contributed by atoms with Gasteiger partial charge in [-0.2, -0.15) is 0 Å². The van der Waals surface area contributed by atoms with Crippen molar-refractivity contribution in [1.82, 2.24) is 77.5 Å². The SMILES string of the molecule is CCc1cc(OCCCCn2cc(COCCOCCOCCOCCOC)nn2)ccc1-c1ccc(C[C@H](CC(=O)[C@H](CC(=O)O)NC(=O)[C@H](CO)CC(=O)[C@@H](NC(=O)[C@](C)(CC(=O)[C@@H](NC(=O)CCC(=O)[C@H](Cc2nnn[nH]2)NC(=O)C(C)(C)C(=O)NCCc2cnc[nH]2)[C@@H](C)O)Cc2ccccc2F)[C@@H](C)O)C(=O)N[C@@H](CCCc2cc(C)cc(C)c2)C(N)=O)cc1. The van der Waals surface area contributed by atoms with Gasteiger partial charge in [-0.1, -0.05) is 96.9 Å². The zero-order valence-electron chi connectivity index (χ0n) is 75.2. The summed E-state index contributed by atoms with van der Waals surface area (Å²) in [6, 6.07) is 15.8. The number of aryl methyl sites for hydroxylation is 5. The number of carboxylic acids is 1. The number of carbonyl (C=O) groups excluding carboxylic acids is 11. The fourth-order valence-electron chi connectivity index (χ4n) is 14.4. The predicted octanol–water partition coefficient (Wildman–Crippen LogP) is 3.61. The van der Waals surface area contributed by atoms with Crippen molar-refractivity contribution in [1.29, 1.82) is 0 Å². The van der Waals surface area contributed by atoms with Gasteiger partial charge in [0.2, 0.25) is 41.4 Å². The molecule has 0 aliphatic heterocycles. The molecule has 10 atom stereocenters. The molecule has 38 nitrogen and oxygen atoms in total. The van der Waals surface area contributed by atoms with Crippen molar-refractivity contribution < 1.29 is 111 Å². The topological polar surface area (TPSA) is 553 Å². The van der Waals surface area contributed by atoms with Gasteiger partial charge in [0.15, 0.2) is 29.0 Å². The number of amides is 7. The van der Waals surface area contributed by atoms with Crippen LogP contribution in [-0.4, -0.2) is 259 Å². The Morgan fingerprint density at radius 1 is 0.631 bits per heavy atom. The molecule has 0 saturated heterocycles. The van der Waals surface area contributed by atoms with Crippen LogP contribution in [0.5, 0.6) is 5.75 Å². The molecule has 0 aliphatic carbocycles. The number of aliphatic carboxylic acids is 1. The first-order valence-electron chi connectivity index (χ1n) is 43.5. The predicted molar refractivity (Wildman–Crippen MR) is 469 cm³/mol. The minimum atomic E-state index is -2.11. The molecule has 4 aromatic carbocycles. The molecular weight excluding hydrogens is 1690 g/mol. The van der Waals surface area contributed by atoms with E-state index in [4.69, 9.17) is 34.2 Å². The normalized spacial score (nSPS) is 14.1. The molecular formula is C91H125FN16O22. The lowest BCUT2D eigenvalue weighted by Gasteiger charge is -2.33. The number of hydrogen-bond donors (Lipinski definition) is 13. The number of nitrogens with zero attached hydrogens (tertiary/aromatic N) is 7. The third-order valence-corrected chi connectivity index (χ3v) is 21.8. The zero-order chi connectivity index (χ0) is 94.9. The summed E-state index contributed by atoms with van der Waals surface area (Å²) in [6.45, 7) is 16.1. The van der Waals surface area contributed by atoms with Gasteiger partial charge in [-0.3, -0.25) is 62.2 Å². The number of rotatable bonds is 64. The molecule has 7 aromatic rings. The average molecular weight is 1810 g/mol. The fraction of sp³-hybridized carbons (Fsp3) is 0.538. The molecule has 0 spiro atoms. The van der Waals surface area contributed by atoms with Crippen LogP contribution in [0.1, 0.15) is 156 Å². The number of Topliss-reactive ketones (excluding diaryl/α,β-unsaturated/α-hetero) is 4. The molecule has 7 rings (SSSR count). The van der Waals surface area contributed by atoms with Gasteiger partial charge in [0.25, 0.3) is 0 Å². The standard InChI is InChI=1S/C91H125FN16O22/c1-10-62-44-69(130-31-14-13-30-108-52-68(102-107-108)54-129-39-38-128-37-36-127-35-34-126-33-32-125-9)24-25-70(62)63-22-20-60(21-23-63)43-65(85(120)97-72(84(93)119)19-15-16-61-41-56(2)40-57(3)42-61)45-76(113)74(48-81(117)118)98-86(121)66(53-109)46-77(114)82(58(4)110)101-89(124)91(8,49-64-17-11-12-18-71(64)92)50-78(115)83(59(5)111)100-80(116)27-26-75(112)73(47-79-103-105-106-104-79)99-88(123)90(6,7)87(122)95-29-28-67-51-94-55-96-67/h11-12,17-18,20-25,40-42,44,51-52,55,58-59,65-66,72-74,82-83,109-111H,10,13-16,19,26-39,43,45-50,53-54H2,1-9H3,(H2,93,119)(H,94,96)(H,95,122)(H,97,120)(H,98,121)(H,99,123)(H,100,116)(H,101,124)(H,117,118)(H,103,104,105,106)/t58-,59-,65-,66+,72+,73+,74+,82+,83+,91+/m1/s1. The van der Waals surface area contributed by atoms with Crippen LogP contribution in [0.3, 0.4) is 0 Å². The lowest BCUT2D eigenvalue weighted by atomic mass is 9.76. The van der Waals surface area contributed by atoms with E-state index in [1.165, 1.54) is 45.3 Å². The number of aromatic amines is 2. The maximum atomic E-state index is 15.6. The number of ketones is 4. The third kappa shape index (κ3) is 35.2. The number of nitrogens with two attached hydrogens (primary N) is 1. The average Bonchev–Trinajstić information content (AvgIpc) is 1.01. The second-order valence-corrected chi connectivity index (χ2v) is 33.1. The largest absolute Gasteiger partial charge is 0.494 e. The highest BCUT2D eigenvalue weighted by molar-refractivity contribution is 6.06. The highest BCUT2D eigenvalue weighted by Crippen LogP contribution is 2.33. The van der Waals surface area contributed by atoms with Gasteiger partial charge in [-0.25, -0.2) is 14.5 Å². The van der Waals surface area contributed by atoms with E-state index >= 15 is 4.39 Å². The number of carbonyl (C=O) groups is 12. The summed E-state index contributed by atoms with van der Waals surface area (Å²) in [5.41, 5.74) is 9.63. The number of benzene rings is 4. The van der Waals surface area contributed by atoms with Gasteiger partial charge < -0.3 is 91.5 Å². The van der Waals surface area contributed by atoms with Gasteiger partial charge in [0.1, 0.15) is 40.8 Å². The molecule has 39 heteroatoms. The second-order valence-electron chi connectivity index (χ2n) is 33.1. The Morgan fingerprint density at radius 3 is 1.91 bits per heavy atom. The number of halogens is 1. The van der Waals surface area contributed by atoms with Crippen molar-refractivity contribution in [2.45, 2.75) is 214 Å². The summed E-state index contributed by atoms with van der Waals surface area (Å²) in [4.78, 5) is 175. The minimum Gasteiger partial charge on any atom is -0.494 e. The van der Waals surface area contributed by atoms with Crippen LogP contribution in [0.2, 0.25) is 0 Å². The van der Waals surface area contributed by atoms with Crippen LogP contribution in [0, 0.1) is 42.3 Å². The number of hydrogen-bond acceptors (Lipinski definition) is 27. The van der Waals surface area contributed by atoms with Crippen LogP contribution in [0.25, 0.3) is 11.1 Å². The van der Waals surface area contributed by atoms with E-state index in [9.17, 15) is 78.0 Å². The Hall–Kier alpha value is -11.9. The zero-order valence-corrected chi connectivity index (χ0v) is 75.2. The number of tetrazole rings is 1. The summed E-state index contributed by atoms with van der Waals surface area (Å²) in [5, 5.41) is 80.2. The van der Waals surface area contributed by atoms with E-state index in [0.717, 1.165) is 71.8 Å². The smallest absolute Gasteiger partial charge is 0.305 e. The minimum absolute atomic E-state index is 0.0541. The lowest BCUT2D eigenvalue weighted by Crippen LogP contribution is -2.55. The molecule has 14 N–H and O–H groups in total. The summed E-state index contributed by atoms with van der Waals surface area (Å²) in [6.07, 6.45) is -1.08. The van der Waals surface area contributed by atoms with Crippen LogP contribution < -0.4 is 42.4 Å². The number of aliphatic hydroxyl groups excluding tert-OH is 3. The van der Waals surface area contributed by atoms with Crippen LogP contribution >= 0.6 is 0 Å². The molecule has 3 aromatic heterocycles. The van der Waals surface area contributed by atoms with Crippen molar-refractivity contribution in [3.8, 4) is 16.9 Å². The molecule has 0 bridgehead atoms. The number of unbranched alkanes of at least 4 members (excludes halogenated alkanes) is 1. The van der Waals surface area contributed by atoms with Gasteiger partial charge >= 0.3 is 5.97 Å². The first-order valence-corrected chi connectivity index (χ1v) is 43.5. The molecule has 0 fully saturated rings. The lowest BCUT2D eigenvalue weighted by molar-refractivity contribution is -0.143. The number of nitrogens with one attached hydrogen (secondary N) is 8. The summed E-state index contributed by atoms with van der Waals surface area (Å²) < 4.78 is 50.6. The first-order chi connectivity index (χ1) is 62.1. The molecule has 130 heavy (non-hydrogen) atoms. The van der Waals surface area contributed by atoms with Gasteiger partial charge in [-0.15, -0.1) is 10.2 Å². The molecule has 708 valence electrons. The maximum Gasteiger partial charge on any atom is 0.305 e. The van der Waals surface area contributed by atoms with Crippen LogP contribution in [0.15, 0.2) is 104 Å². The number of carboxylic acid groups (broad SMARTS) is 1. The van der Waals surface area contributed by atoms with Gasteiger partial charge in [-0.05, 0) is 155 Å². The molecule has 0 radical (unpaired) electrons. The van der Waals surface area contributed by atoms with E-state index in [2.05, 4.69) is 72.8 Å². The first kappa shape index (κ1) is 105. The maximum absolute atomic E-state index is 15.6. The molecule has 7 amide bonds. The molecule has 3 heterocycles. The van der Waals surface area contributed by atoms with E-state index in [0.29, 0.717) is 109 Å². The highest BCUT2D eigenvalue weighted by Gasteiger charge is 2.44. The number of methoxy groups -OCH3 is 1. The highest BCUT2D eigenvalue weighted by atomic mass is 19.1. The van der Waals surface area contributed by atoms with Crippen molar-refractivity contribution in [3.05, 3.63) is 160 Å². The number of aliphatic hydroxyl groups is 3. The van der Waals surface area contributed by atoms with E-state index in [1.54, 1.807) is 30.1 Å². The van der Waals surface area contributed by atoms with Crippen molar-refractivity contribution in [3.63, 3.8) is 0 Å². The van der Waals surface area contributed by atoms with Gasteiger partial charge in [0.05, 0.1) is 127 Å². The molecule has 0 saturated carbocycles. The Balaban J connectivity index is 0.994. The Labute approximate surface area is 754 Å². The van der Waals surface area contributed by atoms with Crippen molar-refractivity contribution in [2.75, 3.05) is 79.7 Å². The fourth-order valence-corrected chi connectivity index (χ4v) is 14.4. The Morgan fingerprint density at radius 2 is 1.28 bits per heavy atom. The molecule has 0 aliphatic rings. The number of ether oxygens (including phenoxy) is 6. The summed E-state index contributed by atoms with van der Waals surface area (Å²) in [5.74, 6) is -15.3. The Bertz CT molecular complexity index is 4800. The van der Waals surface area contributed by atoms with E-state index < -0.39 is 193 Å². The second kappa shape index (κ2) is 54.0. The van der Waals surface area contributed by atoms with Crippen molar-refractivity contribution >= 4 is 70.5 Å². The van der Waals surface area contributed by atoms with Gasteiger partial charge in [0, 0.05) is 83.0 Å². The van der Waals surface area contributed by atoms with Crippen molar-refractivity contribution in [2.24, 2.45) is 28.4 Å². The number of primary amides is 1.